The third kappa shape index (κ3) is 6.24. The summed E-state index contributed by atoms with van der Waals surface area (Å²) < 4.78 is 74.2. The van der Waals surface area contributed by atoms with Gasteiger partial charge in [0.25, 0.3) is 5.91 Å². The number of likely N-dealkylation sites (N-methyl/N-ethyl adjacent to an activating group) is 1. The van der Waals surface area contributed by atoms with Crippen LogP contribution in [0.1, 0.15) is 34.3 Å². The fourth-order valence-corrected chi connectivity index (χ4v) is 5.11. The van der Waals surface area contributed by atoms with Gasteiger partial charge in [-0.1, -0.05) is 12.1 Å². The third-order valence-electron chi connectivity index (χ3n) is 7.65. The Morgan fingerprint density at radius 3 is 2.56 bits per heavy atom. The number of amides is 1. The first-order valence-corrected chi connectivity index (χ1v) is 13.7. The molecule has 1 aliphatic rings. The number of likely N-dealkylation sites (tertiary alicyclic amines) is 1. The van der Waals surface area contributed by atoms with Crippen molar-refractivity contribution in [3.63, 3.8) is 0 Å². The maximum Gasteiger partial charge on any atom is 0.458 e. The van der Waals surface area contributed by atoms with Gasteiger partial charge in [-0.15, -0.1) is 0 Å². The number of benzene rings is 3. The fraction of sp³-hybridized carbons (Fsp3) is 0.323. The van der Waals surface area contributed by atoms with Crippen LogP contribution in [0.25, 0.3) is 22.0 Å². The van der Waals surface area contributed by atoms with Crippen LogP contribution in [-0.2, 0) is 5.92 Å². The molecule has 0 spiro atoms. The minimum Gasteiger partial charge on any atom is -0.491 e. The molecule has 0 radical (unpaired) electrons. The molecule has 2 heterocycles. The smallest absolute Gasteiger partial charge is 0.458 e. The first-order valence-electron chi connectivity index (χ1n) is 13.7. The van der Waals surface area contributed by atoms with E-state index in [4.69, 9.17) is 4.74 Å². The first-order chi connectivity index (χ1) is 20.4. The van der Waals surface area contributed by atoms with E-state index in [0.717, 1.165) is 59.1 Å². The number of ether oxygens (including phenoxy) is 1. The quantitative estimate of drug-likeness (QED) is 0.212. The van der Waals surface area contributed by atoms with Crippen LogP contribution in [0.5, 0.6) is 5.75 Å². The zero-order valence-electron chi connectivity index (χ0n) is 23.7. The highest BCUT2D eigenvalue weighted by molar-refractivity contribution is 6.05. The van der Waals surface area contributed by atoms with Crippen molar-refractivity contribution in [2.24, 2.45) is 0 Å². The normalized spacial score (nSPS) is 16.0. The Bertz CT molecular complexity index is 1660. The van der Waals surface area contributed by atoms with E-state index in [2.05, 4.69) is 20.6 Å². The van der Waals surface area contributed by atoms with Crippen molar-refractivity contribution in [3.8, 4) is 16.9 Å². The Morgan fingerprint density at radius 1 is 1.07 bits per heavy atom. The molecule has 0 saturated carbocycles. The standard InChI is InChI=1S/C31H30F5N5O2/c1-18-6-7-20(14-24(18)19-8-11-26-21(13-19)16-38-29(37-2)40-26)28(42)39-22-9-10-25(30(32,33)31(34,35)36)27(15-22)43-17-23-5-4-12-41(23)3/h6-11,13-16,23H,4-5,12,17H2,1-3H3,(H,39,42)(H,37,38,40)/t23-/m0/s1. The highest BCUT2D eigenvalue weighted by Gasteiger charge is 2.60. The number of carbonyl (C=O) groups excluding carboxylic acids is 1. The second-order valence-electron chi connectivity index (χ2n) is 10.6. The Balaban J connectivity index is 1.42. The molecule has 1 aromatic heterocycles. The number of rotatable bonds is 8. The summed E-state index contributed by atoms with van der Waals surface area (Å²) in [5.74, 6) is -5.85. The van der Waals surface area contributed by atoms with E-state index in [1.165, 1.54) is 0 Å². The number of fused-ring (bicyclic) bond motifs is 1. The van der Waals surface area contributed by atoms with E-state index in [1.807, 2.05) is 37.1 Å². The summed E-state index contributed by atoms with van der Waals surface area (Å²) in [5.41, 5.74) is 2.22. The van der Waals surface area contributed by atoms with Gasteiger partial charge in [0.2, 0.25) is 5.95 Å². The Kier molecular flexibility index (Phi) is 8.24. The highest BCUT2D eigenvalue weighted by Crippen LogP contribution is 2.48. The van der Waals surface area contributed by atoms with E-state index in [0.29, 0.717) is 12.0 Å². The van der Waals surface area contributed by atoms with Crippen LogP contribution >= 0.6 is 0 Å². The number of anilines is 2. The minimum absolute atomic E-state index is 0.0202. The molecule has 1 aliphatic heterocycles. The predicted molar refractivity (Wildman–Crippen MR) is 155 cm³/mol. The van der Waals surface area contributed by atoms with Gasteiger partial charge in [-0.25, -0.2) is 9.97 Å². The lowest BCUT2D eigenvalue weighted by Gasteiger charge is -2.25. The van der Waals surface area contributed by atoms with Crippen molar-refractivity contribution >= 4 is 28.4 Å². The second kappa shape index (κ2) is 11.8. The van der Waals surface area contributed by atoms with Crippen molar-refractivity contribution in [2.45, 2.75) is 37.9 Å². The zero-order valence-corrected chi connectivity index (χ0v) is 23.7. The molecule has 12 heteroatoms. The van der Waals surface area contributed by atoms with Gasteiger partial charge in [0.05, 0.1) is 11.1 Å². The number of aromatic nitrogens is 2. The van der Waals surface area contributed by atoms with Crippen molar-refractivity contribution < 1.29 is 31.5 Å². The number of carbonyl (C=O) groups is 1. The summed E-state index contributed by atoms with van der Waals surface area (Å²) in [7, 11) is 3.56. The number of alkyl halides is 5. The lowest BCUT2D eigenvalue weighted by atomic mass is 9.97. The number of halogens is 5. The molecule has 0 unspecified atom stereocenters. The maximum atomic E-state index is 14.4. The summed E-state index contributed by atoms with van der Waals surface area (Å²) >= 11 is 0. The second-order valence-corrected chi connectivity index (χ2v) is 10.6. The number of nitrogens with zero attached hydrogens (tertiary/aromatic N) is 3. The number of aryl methyl sites for hydroxylation is 1. The largest absolute Gasteiger partial charge is 0.491 e. The van der Waals surface area contributed by atoms with Gasteiger partial charge < -0.3 is 20.3 Å². The van der Waals surface area contributed by atoms with Crippen LogP contribution in [0.4, 0.5) is 33.6 Å². The molecule has 5 rings (SSSR count). The summed E-state index contributed by atoms with van der Waals surface area (Å²) in [4.78, 5) is 23.9. The number of hydrogen-bond acceptors (Lipinski definition) is 6. The SMILES string of the molecule is CNc1ncc2cc(-c3cc(C(=O)Nc4ccc(C(F)(F)C(F)(F)F)c(OC[C@@H]5CCCN5C)c4)ccc3C)ccc2n1. The number of nitrogens with one attached hydrogen (secondary N) is 2. The van der Waals surface area contributed by atoms with Gasteiger partial charge in [0.1, 0.15) is 12.4 Å². The average Bonchev–Trinajstić information content (AvgIpc) is 3.39. The summed E-state index contributed by atoms with van der Waals surface area (Å²) in [6.45, 7) is 2.61. The first kappa shape index (κ1) is 30.1. The molecule has 7 nitrogen and oxygen atoms in total. The summed E-state index contributed by atoms with van der Waals surface area (Å²) in [6, 6.07) is 13.3. The van der Waals surface area contributed by atoms with Gasteiger partial charge in [-0.05, 0) is 86.4 Å². The third-order valence-corrected chi connectivity index (χ3v) is 7.65. The Hall–Kier alpha value is -4.32. The van der Waals surface area contributed by atoms with Gasteiger partial charge in [-0.3, -0.25) is 4.79 Å². The van der Waals surface area contributed by atoms with Gasteiger partial charge in [0.15, 0.2) is 0 Å². The molecule has 43 heavy (non-hydrogen) atoms. The van der Waals surface area contributed by atoms with Crippen molar-refractivity contribution in [1.82, 2.24) is 14.9 Å². The topological polar surface area (TPSA) is 79.4 Å². The lowest BCUT2D eigenvalue weighted by molar-refractivity contribution is -0.289. The van der Waals surface area contributed by atoms with E-state index in [1.54, 1.807) is 31.4 Å². The van der Waals surface area contributed by atoms with Crippen molar-refractivity contribution in [1.29, 1.82) is 0 Å². The molecule has 0 aliphatic carbocycles. The molecule has 1 saturated heterocycles. The molecular weight excluding hydrogens is 569 g/mol. The van der Waals surface area contributed by atoms with E-state index >= 15 is 0 Å². The van der Waals surface area contributed by atoms with E-state index in [-0.39, 0.29) is 23.9 Å². The molecule has 1 fully saturated rings. The van der Waals surface area contributed by atoms with Crippen LogP contribution in [0.3, 0.4) is 0 Å². The van der Waals surface area contributed by atoms with Crippen LogP contribution in [-0.4, -0.2) is 60.2 Å². The van der Waals surface area contributed by atoms with E-state index in [9.17, 15) is 26.7 Å². The summed E-state index contributed by atoms with van der Waals surface area (Å²) in [6.07, 6.45) is -2.52. The van der Waals surface area contributed by atoms with Crippen LogP contribution in [0.2, 0.25) is 0 Å². The van der Waals surface area contributed by atoms with Crippen molar-refractivity contribution in [3.05, 3.63) is 77.5 Å². The molecule has 226 valence electrons. The zero-order chi connectivity index (χ0) is 30.9. The van der Waals surface area contributed by atoms with Gasteiger partial charge in [0, 0.05) is 42.0 Å². The van der Waals surface area contributed by atoms with Crippen LogP contribution in [0, 0.1) is 6.92 Å². The molecule has 2 N–H and O–H groups in total. The average molecular weight is 600 g/mol. The molecule has 1 atom stereocenters. The maximum absolute atomic E-state index is 14.4. The van der Waals surface area contributed by atoms with Crippen LogP contribution in [0.15, 0.2) is 60.8 Å². The van der Waals surface area contributed by atoms with E-state index < -0.39 is 29.3 Å². The molecule has 1 amide bonds. The predicted octanol–water partition coefficient (Wildman–Crippen LogP) is 7.03. The Morgan fingerprint density at radius 2 is 1.86 bits per heavy atom. The monoisotopic (exact) mass is 599 g/mol. The molecule has 3 aromatic carbocycles. The molecular formula is C31H30F5N5O2. The molecule has 4 aromatic rings. The lowest BCUT2D eigenvalue weighted by Crippen LogP contribution is -2.35. The minimum atomic E-state index is -5.82. The number of hydrogen-bond donors (Lipinski definition) is 2. The summed E-state index contributed by atoms with van der Waals surface area (Å²) in [5, 5.41) is 6.31. The van der Waals surface area contributed by atoms with Crippen molar-refractivity contribution in [2.75, 3.05) is 37.9 Å². The van der Waals surface area contributed by atoms with Crippen LogP contribution < -0.4 is 15.4 Å². The Labute approximate surface area is 245 Å². The fourth-order valence-electron chi connectivity index (χ4n) is 5.11. The van der Waals surface area contributed by atoms with Gasteiger partial charge in [-0.2, -0.15) is 22.0 Å². The molecule has 0 bridgehead atoms. The highest BCUT2D eigenvalue weighted by atomic mass is 19.4. The van der Waals surface area contributed by atoms with Gasteiger partial charge >= 0.3 is 12.1 Å².